The number of aromatic nitrogens is 2. The highest BCUT2D eigenvalue weighted by molar-refractivity contribution is 7.90. The largest absolute Gasteiger partial charge is 0.315 e. The van der Waals surface area contributed by atoms with Gasteiger partial charge in [-0.1, -0.05) is 17.7 Å². The van der Waals surface area contributed by atoms with Crippen molar-refractivity contribution in [3.8, 4) is 5.69 Å². The minimum atomic E-state index is -3.28. The molecule has 6 nitrogen and oxygen atoms in total. The van der Waals surface area contributed by atoms with E-state index in [4.69, 9.17) is 11.6 Å². The fourth-order valence-corrected chi connectivity index (χ4v) is 4.03. The molecule has 0 fully saturated rings. The molecular formula is C22H24ClN3O3S. The molecule has 0 spiro atoms. The average Bonchev–Trinajstić information content (AvgIpc) is 2.97. The van der Waals surface area contributed by atoms with Crippen molar-refractivity contribution >= 4 is 33.0 Å². The first-order valence-electron chi connectivity index (χ1n) is 9.37. The van der Waals surface area contributed by atoms with Crippen molar-refractivity contribution < 1.29 is 13.2 Å². The van der Waals surface area contributed by atoms with E-state index in [2.05, 4.69) is 5.10 Å². The number of rotatable bonds is 5. The Morgan fingerprint density at radius 1 is 1.10 bits per heavy atom. The Kier molecular flexibility index (Phi) is 6.06. The second kappa shape index (κ2) is 8.24. The fraction of sp³-hybridized carbons (Fsp3) is 0.273. The molecule has 8 heteroatoms. The van der Waals surface area contributed by atoms with Crippen LogP contribution in [0.25, 0.3) is 5.69 Å². The lowest BCUT2D eigenvalue weighted by molar-refractivity contribution is -0.117. The molecule has 0 saturated heterocycles. The molecule has 0 saturated carbocycles. The summed E-state index contributed by atoms with van der Waals surface area (Å²) in [6.45, 7) is 5.75. The lowest BCUT2D eigenvalue weighted by Gasteiger charge is -2.18. The third-order valence-electron chi connectivity index (χ3n) is 5.20. The van der Waals surface area contributed by atoms with Crippen LogP contribution < -0.4 is 4.90 Å². The summed E-state index contributed by atoms with van der Waals surface area (Å²) in [7, 11) is -1.61. The Bertz CT molecular complexity index is 1220. The zero-order valence-corrected chi connectivity index (χ0v) is 19.2. The molecule has 2 aromatic carbocycles. The van der Waals surface area contributed by atoms with Crippen LogP contribution in [0.4, 0.5) is 5.69 Å². The molecule has 0 aliphatic heterocycles. The van der Waals surface area contributed by atoms with Gasteiger partial charge in [0, 0.05) is 35.3 Å². The summed E-state index contributed by atoms with van der Waals surface area (Å²) in [5.41, 5.74) is 4.96. The number of hydrogen-bond acceptors (Lipinski definition) is 4. The van der Waals surface area contributed by atoms with Crippen LogP contribution in [0.3, 0.4) is 0 Å². The van der Waals surface area contributed by atoms with Gasteiger partial charge in [0.1, 0.15) is 0 Å². The summed E-state index contributed by atoms with van der Waals surface area (Å²) >= 11 is 6.26. The van der Waals surface area contributed by atoms with Crippen LogP contribution in [0.5, 0.6) is 0 Å². The van der Waals surface area contributed by atoms with Gasteiger partial charge < -0.3 is 4.90 Å². The van der Waals surface area contributed by atoms with Crippen LogP contribution in [-0.4, -0.2) is 37.4 Å². The minimum Gasteiger partial charge on any atom is -0.315 e. The third-order valence-corrected chi connectivity index (χ3v) is 6.73. The van der Waals surface area contributed by atoms with E-state index in [1.54, 1.807) is 23.9 Å². The predicted octanol–water partition coefficient (Wildman–Crippen LogP) is 4.06. The zero-order valence-electron chi connectivity index (χ0n) is 17.6. The summed E-state index contributed by atoms with van der Waals surface area (Å²) in [6.07, 6.45) is 1.34. The lowest BCUT2D eigenvalue weighted by atomic mass is 10.1. The van der Waals surface area contributed by atoms with Crippen LogP contribution >= 0.6 is 11.6 Å². The average molecular weight is 446 g/mol. The van der Waals surface area contributed by atoms with Gasteiger partial charge in [0.05, 0.1) is 22.7 Å². The SMILES string of the molecule is Cc1ccc(-n2nc(C)c(CC(=O)N(C)c3ccc(S(C)(=O)=O)cc3)c2C)cc1Cl. The van der Waals surface area contributed by atoms with E-state index >= 15 is 0 Å². The lowest BCUT2D eigenvalue weighted by Crippen LogP contribution is -2.28. The predicted molar refractivity (Wildman–Crippen MR) is 119 cm³/mol. The highest BCUT2D eigenvalue weighted by atomic mass is 35.5. The molecule has 1 amide bonds. The Morgan fingerprint density at radius 3 is 2.30 bits per heavy atom. The molecule has 30 heavy (non-hydrogen) atoms. The first-order chi connectivity index (χ1) is 14.0. The van der Waals surface area contributed by atoms with Crippen molar-refractivity contribution in [2.45, 2.75) is 32.1 Å². The number of carbonyl (C=O) groups excluding carboxylic acids is 1. The van der Waals surface area contributed by atoms with Gasteiger partial charge >= 0.3 is 0 Å². The molecule has 158 valence electrons. The van der Waals surface area contributed by atoms with E-state index in [0.29, 0.717) is 10.7 Å². The molecule has 0 bridgehead atoms. The second-order valence-corrected chi connectivity index (χ2v) is 9.81. The van der Waals surface area contributed by atoms with Crippen molar-refractivity contribution in [1.29, 1.82) is 0 Å². The number of halogens is 1. The van der Waals surface area contributed by atoms with Gasteiger partial charge in [-0.2, -0.15) is 5.10 Å². The number of carbonyl (C=O) groups is 1. The summed E-state index contributed by atoms with van der Waals surface area (Å²) in [4.78, 5) is 14.6. The number of benzene rings is 2. The van der Waals surface area contributed by atoms with Crippen LogP contribution in [0.1, 0.15) is 22.5 Å². The minimum absolute atomic E-state index is 0.116. The molecule has 1 aromatic heterocycles. The fourth-order valence-electron chi connectivity index (χ4n) is 3.23. The molecule has 0 radical (unpaired) electrons. The molecule has 0 N–H and O–H groups in total. The van der Waals surface area contributed by atoms with E-state index in [0.717, 1.165) is 34.5 Å². The molecule has 3 aromatic rings. The van der Waals surface area contributed by atoms with E-state index in [1.165, 1.54) is 17.0 Å². The van der Waals surface area contributed by atoms with Gasteiger partial charge in [-0.3, -0.25) is 4.79 Å². The Hall–Kier alpha value is -2.64. The van der Waals surface area contributed by atoms with Crippen molar-refractivity contribution in [1.82, 2.24) is 9.78 Å². The molecule has 0 aliphatic rings. The molecule has 0 aliphatic carbocycles. The van der Waals surface area contributed by atoms with Crippen LogP contribution in [-0.2, 0) is 21.1 Å². The number of amides is 1. The van der Waals surface area contributed by atoms with E-state index in [1.807, 2.05) is 39.0 Å². The van der Waals surface area contributed by atoms with Crippen LogP contribution in [0.15, 0.2) is 47.4 Å². The zero-order chi connectivity index (χ0) is 22.2. The summed E-state index contributed by atoms with van der Waals surface area (Å²) in [6, 6.07) is 12.0. The van der Waals surface area contributed by atoms with E-state index in [9.17, 15) is 13.2 Å². The standard InChI is InChI=1S/C22H24ClN3O3S/c1-14-6-7-18(12-21(14)23)26-16(3)20(15(2)24-26)13-22(27)25(4)17-8-10-19(11-9-17)30(5,28)29/h6-12H,13H2,1-5H3. The maximum atomic E-state index is 12.9. The summed E-state index contributed by atoms with van der Waals surface area (Å²) in [5.74, 6) is -0.116. The van der Waals surface area contributed by atoms with Crippen molar-refractivity contribution in [3.63, 3.8) is 0 Å². The number of aryl methyl sites for hydroxylation is 2. The number of nitrogens with zero attached hydrogens (tertiary/aromatic N) is 3. The molecule has 3 rings (SSSR count). The highest BCUT2D eigenvalue weighted by Gasteiger charge is 2.19. The highest BCUT2D eigenvalue weighted by Crippen LogP contribution is 2.24. The van der Waals surface area contributed by atoms with E-state index in [-0.39, 0.29) is 17.2 Å². The molecule has 1 heterocycles. The summed E-state index contributed by atoms with van der Waals surface area (Å²) < 4.78 is 25.0. The number of likely N-dealkylation sites (N-methyl/N-ethyl adjacent to an activating group) is 1. The Balaban J connectivity index is 1.84. The molecule has 0 unspecified atom stereocenters. The van der Waals surface area contributed by atoms with Gasteiger partial charge in [0.25, 0.3) is 0 Å². The Morgan fingerprint density at radius 2 is 1.73 bits per heavy atom. The topological polar surface area (TPSA) is 72.3 Å². The van der Waals surface area contributed by atoms with E-state index < -0.39 is 9.84 Å². The third kappa shape index (κ3) is 4.42. The number of sulfone groups is 1. The molecule has 0 atom stereocenters. The van der Waals surface area contributed by atoms with Crippen molar-refractivity contribution in [3.05, 3.63) is 70.0 Å². The first-order valence-corrected chi connectivity index (χ1v) is 11.6. The van der Waals surface area contributed by atoms with Gasteiger partial charge in [0.15, 0.2) is 9.84 Å². The number of anilines is 1. The van der Waals surface area contributed by atoms with Crippen LogP contribution in [0.2, 0.25) is 5.02 Å². The summed E-state index contributed by atoms with van der Waals surface area (Å²) in [5, 5.41) is 5.26. The van der Waals surface area contributed by atoms with Gasteiger partial charge in [-0.15, -0.1) is 0 Å². The smallest absolute Gasteiger partial charge is 0.231 e. The quantitative estimate of drug-likeness (QED) is 0.593. The normalized spacial score (nSPS) is 11.5. The molecular weight excluding hydrogens is 422 g/mol. The Labute approximate surface area is 182 Å². The van der Waals surface area contributed by atoms with Crippen LogP contribution in [0, 0.1) is 20.8 Å². The second-order valence-electron chi connectivity index (χ2n) is 7.39. The van der Waals surface area contributed by atoms with Crippen molar-refractivity contribution in [2.75, 3.05) is 18.2 Å². The maximum absolute atomic E-state index is 12.9. The maximum Gasteiger partial charge on any atom is 0.231 e. The van der Waals surface area contributed by atoms with Gasteiger partial charge in [-0.25, -0.2) is 13.1 Å². The van der Waals surface area contributed by atoms with Gasteiger partial charge in [-0.05, 0) is 62.7 Å². The first kappa shape index (κ1) is 22.1. The monoisotopic (exact) mass is 445 g/mol. The van der Waals surface area contributed by atoms with Gasteiger partial charge in [0.2, 0.25) is 5.91 Å². The number of hydrogen-bond donors (Lipinski definition) is 0. The van der Waals surface area contributed by atoms with Crippen molar-refractivity contribution in [2.24, 2.45) is 0 Å².